The fraction of sp³-hybridized carbons (Fsp3) is 0.294. The fourth-order valence-electron chi connectivity index (χ4n) is 3.30. The molecule has 4 heterocycles. The van der Waals surface area contributed by atoms with E-state index >= 15 is 0 Å². The predicted molar refractivity (Wildman–Crippen MR) is 89.9 cm³/mol. The smallest absolute Gasteiger partial charge is 0.271 e. The largest absolute Gasteiger partial charge is 0.354 e. The van der Waals surface area contributed by atoms with Gasteiger partial charge >= 0.3 is 0 Å². The standard InChI is InChI=1S/C17H18N6O/c1-18-16(24)14-12-6-2-3-10-22(12)15(21-14)13-7-4-11-23(13)17-19-8-5-9-20-17/h2-3,5-6,8-10,13H,4,7,11H2,1H3,(H,18,24). The van der Waals surface area contributed by atoms with Gasteiger partial charge in [0.05, 0.1) is 11.6 Å². The van der Waals surface area contributed by atoms with Gasteiger partial charge in [0, 0.05) is 32.2 Å². The number of aromatic nitrogens is 4. The molecule has 3 aromatic heterocycles. The molecule has 1 N–H and O–H groups in total. The number of anilines is 1. The maximum atomic E-state index is 12.2. The van der Waals surface area contributed by atoms with Gasteiger partial charge < -0.3 is 14.6 Å². The molecule has 0 spiro atoms. The number of amides is 1. The maximum absolute atomic E-state index is 12.2. The van der Waals surface area contributed by atoms with Gasteiger partial charge in [-0.05, 0) is 31.0 Å². The van der Waals surface area contributed by atoms with Gasteiger partial charge in [-0.3, -0.25) is 4.79 Å². The third kappa shape index (κ3) is 2.29. The monoisotopic (exact) mass is 322 g/mol. The summed E-state index contributed by atoms with van der Waals surface area (Å²) in [5, 5.41) is 2.67. The van der Waals surface area contributed by atoms with E-state index in [0.717, 1.165) is 30.7 Å². The van der Waals surface area contributed by atoms with E-state index in [0.29, 0.717) is 11.6 Å². The molecular weight excluding hydrogens is 304 g/mol. The number of pyridine rings is 1. The molecule has 1 saturated heterocycles. The van der Waals surface area contributed by atoms with Crippen LogP contribution in [0.3, 0.4) is 0 Å². The summed E-state index contributed by atoms with van der Waals surface area (Å²) in [6.45, 7) is 0.881. The minimum absolute atomic E-state index is 0.0562. The first-order valence-corrected chi connectivity index (χ1v) is 8.02. The molecule has 0 saturated carbocycles. The Morgan fingerprint density at radius 3 is 2.88 bits per heavy atom. The lowest BCUT2D eigenvalue weighted by Gasteiger charge is -2.23. The summed E-state index contributed by atoms with van der Waals surface area (Å²) in [7, 11) is 1.62. The lowest BCUT2D eigenvalue weighted by Crippen LogP contribution is -2.26. The third-order valence-corrected chi connectivity index (χ3v) is 4.38. The highest BCUT2D eigenvalue weighted by molar-refractivity contribution is 5.99. The molecule has 1 aliphatic heterocycles. The van der Waals surface area contributed by atoms with E-state index in [4.69, 9.17) is 0 Å². The molecule has 1 unspecified atom stereocenters. The molecule has 0 radical (unpaired) electrons. The Kier molecular flexibility index (Phi) is 3.60. The maximum Gasteiger partial charge on any atom is 0.271 e. The van der Waals surface area contributed by atoms with E-state index in [9.17, 15) is 4.79 Å². The van der Waals surface area contributed by atoms with Crippen LogP contribution in [0, 0.1) is 0 Å². The van der Waals surface area contributed by atoms with Crippen molar-refractivity contribution < 1.29 is 4.79 Å². The second-order valence-electron chi connectivity index (χ2n) is 5.75. The number of carbonyl (C=O) groups is 1. The molecule has 122 valence electrons. The second-order valence-corrected chi connectivity index (χ2v) is 5.75. The Labute approximate surface area is 139 Å². The molecule has 7 heteroatoms. The molecule has 1 amide bonds. The van der Waals surface area contributed by atoms with E-state index in [1.54, 1.807) is 19.4 Å². The molecule has 1 fully saturated rings. The molecule has 0 aliphatic carbocycles. The summed E-state index contributed by atoms with van der Waals surface area (Å²) >= 11 is 0. The van der Waals surface area contributed by atoms with Crippen LogP contribution in [0.5, 0.6) is 0 Å². The number of hydrogen-bond donors (Lipinski definition) is 1. The van der Waals surface area contributed by atoms with Gasteiger partial charge in [-0.15, -0.1) is 0 Å². The van der Waals surface area contributed by atoms with E-state index in [2.05, 4.69) is 25.2 Å². The summed E-state index contributed by atoms with van der Waals surface area (Å²) < 4.78 is 2.00. The quantitative estimate of drug-likeness (QED) is 0.796. The van der Waals surface area contributed by atoms with Crippen molar-refractivity contribution in [1.29, 1.82) is 0 Å². The van der Waals surface area contributed by atoms with Gasteiger partial charge in [0.2, 0.25) is 5.95 Å². The molecule has 4 rings (SSSR count). The molecule has 7 nitrogen and oxygen atoms in total. The number of nitrogens with zero attached hydrogens (tertiary/aromatic N) is 5. The van der Waals surface area contributed by atoms with Crippen LogP contribution in [0.4, 0.5) is 5.95 Å². The van der Waals surface area contributed by atoms with E-state index < -0.39 is 0 Å². The SMILES string of the molecule is CNC(=O)c1nc(C2CCCN2c2ncccn2)n2ccccc12. The second kappa shape index (κ2) is 5.92. The zero-order chi connectivity index (χ0) is 16.5. The van der Waals surface area contributed by atoms with E-state index in [1.165, 1.54) is 0 Å². The lowest BCUT2D eigenvalue weighted by atomic mass is 10.2. The summed E-state index contributed by atoms with van der Waals surface area (Å²) in [4.78, 5) is 27.8. The van der Waals surface area contributed by atoms with Crippen LogP contribution in [0.25, 0.3) is 5.52 Å². The van der Waals surface area contributed by atoms with Crippen LogP contribution in [-0.4, -0.2) is 38.9 Å². The number of nitrogens with one attached hydrogen (secondary N) is 1. The van der Waals surface area contributed by atoms with Crippen molar-refractivity contribution in [3.63, 3.8) is 0 Å². The first-order valence-electron chi connectivity index (χ1n) is 8.02. The summed E-state index contributed by atoms with van der Waals surface area (Å²) in [6, 6.07) is 7.65. The summed E-state index contributed by atoms with van der Waals surface area (Å²) in [5.74, 6) is 1.38. The Balaban J connectivity index is 1.82. The Bertz CT molecular complexity index is 875. The minimum Gasteiger partial charge on any atom is -0.354 e. The van der Waals surface area contributed by atoms with Crippen molar-refractivity contribution in [1.82, 2.24) is 24.7 Å². The molecular formula is C17H18N6O. The van der Waals surface area contributed by atoms with Gasteiger partial charge in [0.1, 0.15) is 5.82 Å². The molecule has 1 aliphatic rings. The molecule has 3 aromatic rings. The van der Waals surface area contributed by atoms with Crippen LogP contribution in [0.1, 0.15) is 35.2 Å². The highest BCUT2D eigenvalue weighted by Gasteiger charge is 2.32. The average molecular weight is 322 g/mol. The van der Waals surface area contributed by atoms with Crippen LogP contribution < -0.4 is 10.2 Å². The van der Waals surface area contributed by atoms with Crippen molar-refractivity contribution in [2.24, 2.45) is 0 Å². The Morgan fingerprint density at radius 2 is 2.08 bits per heavy atom. The van der Waals surface area contributed by atoms with Gasteiger partial charge in [0.25, 0.3) is 5.91 Å². The molecule has 0 bridgehead atoms. The van der Waals surface area contributed by atoms with Crippen molar-refractivity contribution in [2.45, 2.75) is 18.9 Å². The minimum atomic E-state index is -0.176. The van der Waals surface area contributed by atoms with Crippen LogP contribution in [0.2, 0.25) is 0 Å². The van der Waals surface area contributed by atoms with Crippen LogP contribution >= 0.6 is 0 Å². The van der Waals surface area contributed by atoms with Crippen molar-refractivity contribution in [3.05, 3.63) is 54.4 Å². The molecule has 24 heavy (non-hydrogen) atoms. The first kappa shape index (κ1) is 14.6. The predicted octanol–water partition coefficient (Wildman–Crippen LogP) is 1.83. The van der Waals surface area contributed by atoms with Gasteiger partial charge in [-0.1, -0.05) is 6.07 Å². The third-order valence-electron chi connectivity index (χ3n) is 4.38. The van der Waals surface area contributed by atoms with Crippen molar-refractivity contribution in [3.8, 4) is 0 Å². The number of rotatable bonds is 3. The highest BCUT2D eigenvalue weighted by Crippen LogP contribution is 2.34. The molecule has 0 aromatic carbocycles. The zero-order valence-electron chi connectivity index (χ0n) is 13.4. The topological polar surface area (TPSA) is 75.4 Å². The highest BCUT2D eigenvalue weighted by atomic mass is 16.1. The zero-order valence-corrected chi connectivity index (χ0v) is 13.4. The summed E-state index contributed by atoms with van der Waals surface area (Å²) in [5.41, 5.74) is 1.27. The Morgan fingerprint density at radius 1 is 1.25 bits per heavy atom. The van der Waals surface area contributed by atoms with Gasteiger partial charge in [0.15, 0.2) is 5.69 Å². The van der Waals surface area contributed by atoms with Crippen LogP contribution in [-0.2, 0) is 0 Å². The first-order chi connectivity index (χ1) is 11.8. The molecule has 1 atom stereocenters. The van der Waals surface area contributed by atoms with E-state index in [1.807, 2.05) is 34.9 Å². The average Bonchev–Trinajstić information content (AvgIpc) is 3.26. The number of imidazole rings is 1. The number of carbonyl (C=O) groups excluding carboxylic acids is 1. The number of fused-ring (bicyclic) bond motifs is 1. The van der Waals surface area contributed by atoms with Crippen molar-refractivity contribution >= 4 is 17.4 Å². The normalized spacial score (nSPS) is 17.4. The van der Waals surface area contributed by atoms with Crippen LogP contribution in [0.15, 0.2) is 42.9 Å². The fourth-order valence-corrected chi connectivity index (χ4v) is 3.30. The van der Waals surface area contributed by atoms with Gasteiger partial charge in [-0.2, -0.15) is 0 Å². The Hall–Kier alpha value is -2.96. The lowest BCUT2D eigenvalue weighted by molar-refractivity contribution is 0.0960. The number of hydrogen-bond acceptors (Lipinski definition) is 5. The van der Waals surface area contributed by atoms with E-state index in [-0.39, 0.29) is 11.9 Å². The summed E-state index contributed by atoms with van der Waals surface area (Å²) in [6.07, 6.45) is 7.45. The van der Waals surface area contributed by atoms with Crippen molar-refractivity contribution in [2.75, 3.05) is 18.5 Å². The van der Waals surface area contributed by atoms with Gasteiger partial charge in [-0.25, -0.2) is 15.0 Å².